The number of aromatic amines is 1. The number of aromatic nitrogens is 4. The van der Waals surface area contributed by atoms with E-state index in [-0.39, 0.29) is 0 Å². The Kier molecular flexibility index (Phi) is 2.90. The smallest absolute Gasteiger partial charge is 0.150 e. The molecule has 0 bridgehead atoms. The number of nitrogens with one attached hydrogen (secondary N) is 1. The van der Waals surface area contributed by atoms with E-state index >= 15 is 0 Å². The SMILES string of the molecule is CCc1[nH]c(-c2cncs2)nc1-c1cccnc1. The van der Waals surface area contributed by atoms with Crippen LogP contribution in [0.5, 0.6) is 0 Å². The maximum absolute atomic E-state index is 4.67. The van der Waals surface area contributed by atoms with Crippen LogP contribution in [0, 0.1) is 0 Å². The van der Waals surface area contributed by atoms with Crippen LogP contribution in [0.4, 0.5) is 0 Å². The number of hydrogen-bond acceptors (Lipinski definition) is 4. The molecule has 0 aromatic carbocycles. The second kappa shape index (κ2) is 4.70. The number of aryl methyl sites for hydroxylation is 1. The van der Waals surface area contributed by atoms with E-state index in [2.05, 4.69) is 26.9 Å². The molecule has 3 heterocycles. The summed E-state index contributed by atoms with van der Waals surface area (Å²) in [5, 5.41) is 0. The third-order valence-corrected chi connectivity index (χ3v) is 3.51. The van der Waals surface area contributed by atoms with Crippen molar-refractivity contribution < 1.29 is 0 Å². The van der Waals surface area contributed by atoms with Gasteiger partial charge in [0.1, 0.15) is 5.82 Å². The fourth-order valence-electron chi connectivity index (χ4n) is 1.86. The quantitative estimate of drug-likeness (QED) is 0.783. The predicted octanol–water partition coefficient (Wildman–Crippen LogP) is 3.16. The molecular weight excluding hydrogens is 244 g/mol. The Hall–Kier alpha value is -2.01. The van der Waals surface area contributed by atoms with Gasteiger partial charge in [-0.1, -0.05) is 6.92 Å². The second-order valence-corrected chi connectivity index (χ2v) is 4.76. The van der Waals surface area contributed by atoms with Crippen LogP contribution in [-0.4, -0.2) is 19.9 Å². The third kappa shape index (κ3) is 1.93. The van der Waals surface area contributed by atoms with Crippen LogP contribution in [0.25, 0.3) is 22.0 Å². The molecule has 18 heavy (non-hydrogen) atoms. The first-order chi connectivity index (χ1) is 8.88. The van der Waals surface area contributed by atoms with Gasteiger partial charge in [0.05, 0.1) is 16.1 Å². The molecule has 1 N–H and O–H groups in total. The maximum atomic E-state index is 4.67. The van der Waals surface area contributed by atoms with Gasteiger partial charge in [0.15, 0.2) is 0 Å². The summed E-state index contributed by atoms with van der Waals surface area (Å²) in [6.45, 7) is 2.11. The van der Waals surface area contributed by atoms with E-state index in [9.17, 15) is 0 Å². The van der Waals surface area contributed by atoms with Gasteiger partial charge in [-0.15, -0.1) is 11.3 Å². The number of hydrogen-bond donors (Lipinski definition) is 1. The molecule has 0 aliphatic carbocycles. The van der Waals surface area contributed by atoms with E-state index in [1.165, 1.54) is 0 Å². The fraction of sp³-hybridized carbons (Fsp3) is 0.154. The molecule has 0 saturated heterocycles. The highest BCUT2D eigenvalue weighted by Gasteiger charge is 2.12. The van der Waals surface area contributed by atoms with Crippen molar-refractivity contribution >= 4 is 11.3 Å². The molecule has 3 aromatic rings. The minimum atomic E-state index is 0.883. The average Bonchev–Trinajstić information content (AvgIpc) is 3.08. The molecule has 4 nitrogen and oxygen atoms in total. The summed E-state index contributed by atoms with van der Waals surface area (Å²) in [4.78, 5) is 17.3. The number of rotatable bonds is 3. The third-order valence-electron chi connectivity index (χ3n) is 2.73. The van der Waals surface area contributed by atoms with Crippen molar-refractivity contribution in [3.63, 3.8) is 0 Å². The number of pyridine rings is 1. The van der Waals surface area contributed by atoms with Crippen LogP contribution >= 0.6 is 11.3 Å². The molecule has 0 aliphatic heterocycles. The minimum Gasteiger partial charge on any atom is -0.341 e. The van der Waals surface area contributed by atoms with Crippen LogP contribution in [0.3, 0.4) is 0 Å². The van der Waals surface area contributed by atoms with Crippen molar-refractivity contribution in [2.45, 2.75) is 13.3 Å². The van der Waals surface area contributed by atoms with Crippen LogP contribution in [0.2, 0.25) is 0 Å². The normalized spacial score (nSPS) is 10.7. The number of nitrogens with zero attached hydrogens (tertiary/aromatic N) is 3. The zero-order valence-corrected chi connectivity index (χ0v) is 10.7. The standard InChI is InChI=1S/C13H12N4S/c1-2-10-12(9-4-3-5-14-6-9)17-13(16-10)11-7-15-8-18-11/h3-8H,2H2,1H3,(H,16,17). The Labute approximate surface area is 109 Å². The Morgan fingerprint density at radius 1 is 1.28 bits per heavy atom. The molecule has 5 heteroatoms. The highest BCUT2D eigenvalue weighted by molar-refractivity contribution is 7.13. The molecule has 3 aromatic heterocycles. The second-order valence-electron chi connectivity index (χ2n) is 3.87. The molecule has 3 rings (SSSR count). The topological polar surface area (TPSA) is 54.5 Å². The van der Waals surface area contributed by atoms with Gasteiger partial charge >= 0.3 is 0 Å². The Balaban J connectivity index is 2.10. The molecule has 0 spiro atoms. The van der Waals surface area contributed by atoms with E-state index < -0.39 is 0 Å². The van der Waals surface area contributed by atoms with Crippen molar-refractivity contribution in [3.8, 4) is 22.0 Å². The summed E-state index contributed by atoms with van der Waals surface area (Å²) in [5.74, 6) is 0.883. The highest BCUT2D eigenvalue weighted by atomic mass is 32.1. The Morgan fingerprint density at radius 2 is 2.22 bits per heavy atom. The summed E-state index contributed by atoms with van der Waals surface area (Å²) in [7, 11) is 0. The van der Waals surface area contributed by atoms with Crippen LogP contribution in [-0.2, 0) is 6.42 Å². The maximum Gasteiger partial charge on any atom is 0.150 e. The monoisotopic (exact) mass is 256 g/mol. The molecular formula is C13H12N4S. The molecule has 0 aliphatic rings. The van der Waals surface area contributed by atoms with Crippen LogP contribution < -0.4 is 0 Å². The fourth-order valence-corrected chi connectivity index (χ4v) is 2.42. The van der Waals surface area contributed by atoms with Crippen molar-refractivity contribution in [3.05, 3.63) is 41.9 Å². The van der Waals surface area contributed by atoms with Crippen molar-refractivity contribution in [2.75, 3.05) is 0 Å². The van der Waals surface area contributed by atoms with Gasteiger partial charge in [0, 0.05) is 29.8 Å². The largest absolute Gasteiger partial charge is 0.341 e. The van der Waals surface area contributed by atoms with Gasteiger partial charge in [0.25, 0.3) is 0 Å². The van der Waals surface area contributed by atoms with Crippen molar-refractivity contribution in [1.29, 1.82) is 0 Å². The molecule has 0 fully saturated rings. The molecule has 0 amide bonds. The average molecular weight is 256 g/mol. The van der Waals surface area contributed by atoms with Gasteiger partial charge in [-0.25, -0.2) is 4.98 Å². The molecule has 90 valence electrons. The van der Waals surface area contributed by atoms with E-state index in [1.807, 2.05) is 30.0 Å². The van der Waals surface area contributed by atoms with Gasteiger partial charge < -0.3 is 4.98 Å². The zero-order chi connectivity index (χ0) is 12.4. The lowest BCUT2D eigenvalue weighted by atomic mass is 10.1. The Bertz CT molecular complexity index is 628. The van der Waals surface area contributed by atoms with E-state index in [4.69, 9.17) is 0 Å². The van der Waals surface area contributed by atoms with Crippen LogP contribution in [0.15, 0.2) is 36.2 Å². The summed E-state index contributed by atoms with van der Waals surface area (Å²) >= 11 is 1.58. The van der Waals surface area contributed by atoms with Gasteiger partial charge in [-0.3, -0.25) is 9.97 Å². The minimum absolute atomic E-state index is 0.883. The summed E-state index contributed by atoms with van der Waals surface area (Å²) < 4.78 is 0. The number of thiazole rings is 1. The lowest BCUT2D eigenvalue weighted by molar-refractivity contribution is 1.07. The van der Waals surface area contributed by atoms with Gasteiger partial charge in [0.2, 0.25) is 0 Å². The first-order valence-corrected chi connectivity index (χ1v) is 6.64. The first kappa shape index (κ1) is 11.1. The lowest BCUT2D eigenvalue weighted by Gasteiger charge is -1.98. The molecule has 0 unspecified atom stereocenters. The highest BCUT2D eigenvalue weighted by Crippen LogP contribution is 2.27. The molecule has 0 saturated carbocycles. The lowest BCUT2D eigenvalue weighted by Crippen LogP contribution is -1.86. The van der Waals surface area contributed by atoms with E-state index in [0.29, 0.717) is 0 Å². The molecule has 0 radical (unpaired) electrons. The number of H-pyrrole nitrogens is 1. The first-order valence-electron chi connectivity index (χ1n) is 5.76. The van der Waals surface area contributed by atoms with Gasteiger partial charge in [-0.05, 0) is 18.6 Å². The molecule has 0 atom stereocenters. The summed E-state index contributed by atoms with van der Waals surface area (Å²) in [6, 6.07) is 3.95. The summed E-state index contributed by atoms with van der Waals surface area (Å²) in [5.41, 5.74) is 4.97. The number of imidazole rings is 1. The van der Waals surface area contributed by atoms with Gasteiger partial charge in [-0.2, -0.15) is 0 Å². The van der Waals surface area contributed by atoms with E-state index in [1.54, 1.807) is 17.5 Å². The van der Waals surface area contributed by atoms with Crippen molar-refractivity contribution in [2.24, 2.45) is 0 Å². The van der Waals surface area contributed by atoms with E-state index in [0.717, 1.165) is 34.1 Å². The zero-order valence-electron chi connectivity index (χ0n) is 9.92. The predicted molar refractivity (Wildman–Crippen MR) is 72.3 cm³/mol. The van der Waals surface area contributed by atoms with Crippen LogP contribution in [0.1, 0.15) is 12.6 Å². The van der Waals surface area contributed by atoms with Crippen molar-refractivity contribution in [1.82, 2.24) is 19.9 Å². The Morgan fingerprint density at radius 3 is 2.89 bits per heavy atom. The summed E-state index contributed by atoms with van der Waals surface area (Å²) in [6.07, 6.45) is 6.35.